The van der Waals surface area contributed by atoms with Crippen molar-refractivity contribution in [3.8, 4) is 0 Å². The molecule has 0 heterocycles. The minimum Gasteiger partial charge on any atom is -0.349 e. The molecule has 0 radical (unpaired) electrons. The molecule has 3 nitrogen and oxygen atoms in total. The summed E-state index contributed by atoms with van der Waals surface area (Å²) < 4.78 is 26.1. The van der Waals surface area contributed by atoms with E-state index in [2.05, 4.69) is 5.32 Å². The van der Waals surface area contributed by atoms with Gasteiger partial charge in [-0.25, -0.2) is 8.78 Å². The molecule has 1 unspecified atom stereocenters. The predicted octanol–water partition coefficient (Wildman–Crippen LogP) is 2.14. The van der Waals surface area contributed by atoms with Crippen molar-refractivity contribution in [3.05, 3.63) is 35.9 Å². The fourth-order valence-electron chi connectivity index (χ4n) is 1.90. The molecule has 106 valence electrons. The number of hydrogen-bond acceptors (Lipinski definition) is 2. The fourth-order valence-corrected chi connectivity index (χ4v) is 1.90. The molecule has 0 aromatic heterocycles. The van der Waals surface area contributed by atoms with E-state index in [1.807, 2.05) is 44.2 Å². The predicted molar refractivity (Wildman–Crippen MR) is 71.0 cm³/mol. The quantitative estimate of drug-likeness (QED) is 0.832. The summed E-state index contributed by atoms with van der Waals surface area (Å²) in [6, 6.07) is 9.15. The highest BCUT2D eigenvalue weighted by molar-refractivity contribution is 5.83. The standard InChI is InChI=1S/C14H20F2N2O/c1-10(2)12(11-6-4-3-5-7-11)13(19)18-9-14(15,16)8-17/h3-7,10,12H,8-9,17H2,1-2H3,(H,18,19). The molecule has 1 amide bonds. The van der Waals surface area contributed by atoms with E-state index in [1.54, 1.807) is 0 Å². The summed E-state index contributed by atoms with van der Waals surface area (Å²) in [6.45, 7) is 2.28. The topological polar surface area (TPSA) is 55.1 Å². The van der Waals surface area contributed by atoms with Gasteiger partial charge in [0.15, 0.2) is 0 Å². The van der Waals surface area contributed by atoms with Crippen molar-refractivity contribution >= 4 is 5.91 Å². The van der Waals surface area contributed by atoms with Gasteiger partial charge in [0.05, 0.1) is 19.0 Å². The Morgan fingerprint density at radius 2 is 1.89 bits per heavy atom. The Labute approximate surface area is 112 Å². The van der Waals surface area contributed by atoms with E-state index in [-0.39, 0.29) is 5.92 Å². The SMILES string of the molecule is CC(C)C(C(=O)NCC(F)(F)CN)c1ccccc1. The summed E-state index contributed by atoms with van der Waals surface area (Å²) in [6.07, 6.45) is 0. The average Bonchev–Trinajstić information content (AvgIpc) is 2.37. The van der Waals surface area contributed by atoms with Crippen LogP contribution in [0.4, 0.5) is 8.78 Å². The molecule has 0 saturated carbocycles. The Morgan fingerprint density at radius 1 is 1.32 bits per heavy atom. The van der Waals surface area contributed by atoms with Crippen LogP contribution in [0.5, 0.6) is 0 Å². The maximum Gasteiger partial charge on any atom is 0.277 e. The maximum absolute atomic E-state index is 13.0. The Balaban J connectivity index is 2.76. The van der Waals surface area contributed by atoms with Crippen LogP contribution in [0, 0.1) is 5.92 Å². The summed E-state index contributed by atoms with van der Waals surface area (Å²) in [5, 5.41) is 2.28. The number of amides is 1. The number of rotatable bonds is 6. The van der Waals surface area contributed by atoms with Crippen molar-refractivity contribution < 1.29 is 13.6 Å². The molecule has 1 aromatic rings. The first-order chi connectivity index (χ1) is 8.87. The van der Waals surface area contributed by atoms with Crippen LogP contribution in [0.25, 0.3) is 0 Å². The normalized spacial score (nSPS) is 13.4. The van der Waals surface area contributed by atoms with Crippen LogP contribution in [0.1, 0.15) is 25.3 Å². The van der Waals surface area contributed by atoms with Gasteiger partial charge < -0.3 is 11.1 Å². The highest BCUT2D eigenvalue weighted by Gasteiger charge is 2.30. The molecule has 0 aliphatic carbocycles. The summed E-state index contributed by atoms with van der Waals surface area (Å²) in [4.78, 5) is 12.1. The fraction of sp³-hybridized carbons (Fsp3) is 0.500. The monoisotopic (exact) mass is 270 g/mol. The first-order valence-corrected chi connectivity index (χ1v) is 6.28. The first-order valence-electron chi connectivity index (χ1n) is 6.28. The van der Waals surface area contributed by atoms with Gasteiger partial charge in [-0.15, -0.1) is 0 Å². The lowest BCUT2D eigenvalue weighted by Gasteiger charge is -2.22. The van der Waals surface area contributed by atoms with E-state index in [4.69, 9.17) is 5.73 Å². The molecule has 3 N–H and O–H groups in total. The van der Waals surface area contributed by atoms with E-state index in [1.165, 1.54) is 0 Å². The van der Waals surface area contributed by atoms with Crippen LogP contribution in [-0.2, 0) is 4.79 Å². The molecule has 5 heteroatoms. The summed E-state index contributed by atoms with van der Waals surface area (Å²) >= 11 is 0. The lowest BCUT2D eigenvalue weighted by atomic mass is 9.87. The van der Waals surface area contributed by atoms with Crippen molar-refractivity contribution in [2.45, 2.75) is 25.7 Å². The Hall–Kier alpha value is -1.49. The van der Waals surface area contributed by atoms with Gasteiger partial charge >= 0.3 is 0 Å². The summed E-state index contributed by atoms with van der Waals surface area (Å²) in [7, 11) is 0. The van der Waals surface area contributed by atoms with Gasteiger partial charge in [-0.1, -0.05) is 44.2 Å². The van der Waals surface area contributed by atoms with E-state index in [9.17, 15) is 13.6 Å². The van der Waals surface area contributed by atoms with E-state index < -0.39 is 30.8 Å². The Bertz CT molecular complexity index is 407. The third kappa shape index (κ3) is 4.59. The average molecular weight is 270 g/mol. The number of alkyl halides is 2. The van der Waals surface area contributed by atoms with Gasteiger partial charge in [0.1, 0.15) is 0 Å². The van der Waals surface area contributed by atoms with Gasteiger partial charge in [-0.05, 0) is 11.5 Å². The third-order valence-corrected chi connectivity index (χ3v) is 2.93. The van der Waals surface area contributed by atoms with Gasteiger partial charge in [0.2, 0.25) is 5.91 Å². The number of hydrogen-bond donors (Lipinski definition) is 2. The Morgan fingerprint density at radius 3 is 2.37 bits per heavy atom. The second kappa shape index (κ2) is 6.61. The molecule has 0 aliphatic heterocycles. The molecule has 0 aliphatic rings. The lowest BCUT2D eigenvalue weighted by Crippen LogP contribution is -2.43. The number of halogens is 2. The lowest BCUT2D eigenvalue weighted by molar-refractivity contribution is -0.125. The molecule has 0 bridgehead atoms. The van der Waals surface area contributed by atoms with Crippen LogP contribution in [-0.4, -0.2) is 24.9 Å². The molecule has 0 spiro atoms. The molecule has 1 aromatic carbocycles. The van der Waals surface area contributed by atoms with Gasteiger partial charge in [0.25, 0.3) is 5.92 Å². The van der Waals surface area contributed by atoms with Gasteiger partial charge in [-0.3, -0.25) is 4.79 Å². The first kappa shape index (κ1) is 15.6. The van der Waals surface area contributed by atoms with Gasteiger partial charge in [-0.2, -0.15) is 0 Å². The summed E-state index contributed by atoms with van der Waals surface area (Å²) in [5.74, 6) is -3.87. The molecule has 0 fully saturated rings. The second-order valence-electron chi connectivity index (χ2n) is 4.91. The Kier molecular flexibility index (Phi) is 5.42. The zero-order valence-electron chi connectivity index (χ0n) is 11.2. The smallest absolute Gasteiger partial charge is 0.277 e. The van der Waals surface area contributed by atoms with Crippen molar-refractivity contribution in [2.75, 3.05) is 13.1 Å². The molecule has 1 atom stereocenters. The number of nitrogens with two attached hydrogens (primary N) is 1. The summed E-state index contributed by atoms with van der Waals surface area (Å²) in [5.41, 5.74) is 5.76. The zero-order valence-corrected chi connectivity index (χ0v) is 11.2. The van der Waals surface area contributed by atoms with E-state index in [0.717, 1.165) is 5.56 Å². The number of carbonyl (C=O) groups excluding carboxylic acids is 1. The molecule has 19 heavy (non-hydrogen) atoms. The zero-order chi connectivity index (χ0) is 14.5. The molecule has 1 rings (SSSR count). The largest absolute Gasteiger partial charge is 0.349 e. The highest BCUT2D eigenvalue weighted by atomic mass is 19.3. The van der Waals surface area contributed by atoms with Crippen LogP contribution in [0.2, 0.25) is 0 Å². The highest BCUT2D eigenvalue weighted by Crippen LogP contribution is 2.24. The minimum absolute atomic E-state index is 0.0221. The second-order valence-corrected chi connectivity index (χ2v) is 4.91. The van der Waals surface area contributed by atoms with E-state index >= 15 is 0 Å². The van der Waals surface area contributed by atoms with Crippen molar-refractivity contribution in [3.63, 3.8) is 0 Å². The van der Waals surface area contributed by atoms with Crippen molar-refractivity contribution in [2.24, 2.45) is 11.7 Å². The molecule has 0 saturated heterocycles. The van der Waals surface area contributed by atoms with Crippen LogP contribution >= 0.6 is 0 Å². The maximum atomic E-state index is 13.0. The number of benzene rings is 1. The number of nitrogens with one attached hydrogen (secondary N) is 1. The van der Waals surface area contributed by atoms with Crippen LogP contribution < -0.4 is 11.1 Å². The third-order valence-electron chi connectivity index (χ3n) is 2.93. The van der Waals surface area contributed by atoms with E-state index in [0.29, 0.717) is 0 Å². The number of carbonyl (C=O) groups is 1. The minimum atomic E-state index is -3.06. The molecular weight excluding hydrogens is 250 g/mol. The van der Waals surface area contributed by atoms with Crippen molar-refractivity contribution in [1.29, 1.82) is 0 Å². The van der Waals surface area contributed by atoms with Crippen LogP contribution in [0.3, 0.4) is 0 Å². The molecular formula is C14H20F2N2O. The van der Waals surface area contributed by atoms with Crippen molar-refractivity contribution in [1.82, 2.24) is 5.32 Å². The van der Waals surface area contributed by atoms with Crippen LogP contribution in [0.15, 0.2) is 30.3 Å². The van der Waals surface area contributed by atoms with Gasteiger partial charge in [0, 0.05) is 0 Å².